The summed E-state index contributed by atoms with van der Waals surface area (Å²) in [6.45, 7) is 2.16. The number of alkyl halides is 1. The monoisotopic (exact) mass is 246 g/mol. The summed E-state index contributed by atoms with van der Waals surface area (Å²) in [5, 5.41) is 0.871. The molecule has 0 aliphatic carbocycles. The minimum Gasteiger partial charge on any atom is -0.0887 e. The van der Waals surface area contributed by atoms with Crippen LogP contribution in [-0.2, 0) is 6.42 Å². The van der Waals surface area contributed by atoms with Crippen LogP contribution in [0, 0.1) is 0 Å². The van der Waals surface area contributed by atoms with Gasteiger partial charge in [-0.3, -0.25) is 0 Å². The van der Waals surface area contributed by atoms with Crippen molar-refractivity contribution in [1.29, 1.82) is 0 Å². The van der Waals surface area contributed by atoms with E-state index in [4.69, 9.17) is 11.6 Å². The van der Waals surface area contributed by atoms with Gasteiger partial charge in [-0.2, -0.15) is 0 Å². The Kier molecular flexibility index (Phi) is 4.10. The number of benzene rings is 1. The van der Waals surface area contributed by atoms with Crippen molar-refractivity contribution in [3.8, 4) is 0 Å². The zero-order valence-electron chi connectivity index (χ0n) is 7.06. The molecule has 1 unspecified atom stereocenters. The second-order valence-corrected chi connectivity index (χ2v) is 4.50. The molecule has 0 bridgehead atoms. The molecule has 12 heavy (non-hydrogen) atoms. The van der Waals surface area contributed by atoms with Gasteiger partial charge in [0.2, 0.25) is 0 Å². The van der Waals surface area contributed by atoms with E-state index in [-0.39, 0.29) is 0 Å². The Labute approximate surface area is 87.1 Å². The first-order valence-corrected chi connectivity index (χ1v) is 5.41. The van der Waals surface area contributed by atoms with E-state index in [0.717, 1.165) is 17.9 Å². The van der Waals surface area contributed by atoms with Crippen molar-refractivity contribution < 1.29 is 0 Å². The van der Waals surface area contributed by atoms with Gasteiger partial charge < -0.3 is 0 Å². The van der Waals surface area contributed by atoms with Crippen LogP contribution in [0.5, 0.6) is 0 Å². The third-order valence-corrected chi connectivity index (χ3v) is 3.18. The molecule has 66 valence electrons. The van der Waals surface area contributed by atoms with E-state index in [2.05, 4.69) is 28.9 Å². The van der Waals surface area contributed by atoms with Crippen molar-refractivity contribution in [3.05, 3.63) is 34.9 Å². The summed E-state index contributed by atoms with van der Waals surface area (Å²) < 4.78 is 0. The Bertz CT molecular complexity index is 247. The van der Waals surface area contributed by atoms with Crippen LogP contribution in [-0.4, -0.2) is 4.83 Å². The van der Waals surface area contributed by atoms with Gasteiger partial charge in [-0.15, -0.1) is 0 Å². The van der Waals surface area contributed by atoms with E-state index in [1.807, 2.05) is 18.2 Å². The number of hydrogen-bond acceptors (Lipinski definition) is 0. The molecule has 0 nitrogen and oxygen atoms in total. The fourth-order valence-electron chi connectivity index (χ4n) is 1.05. The lowest BCUT2D eigenvalue weighted by atomic mass is 10.1. The van der Waals surface area contributed by atoms with Crippen LogP contribution in [0.25, 0.3) is 0 Å². The minimum atomic E-state index is 0.539. The molecule has 2 heteroatoms. The van der Waals surface area contributed by atoms with Crippen molar-refractivity contribution in [3.63, 3.8) is 0 Å². The van der Waals surface area contributed by atoms with E-state index in [0.29, 0.717) is 4.83 Å². The number of halogens is 2. The summed E-state index contributed by atoms with van der Waals surface area (Å²) in [5.74, 6) is 0. The lowest BCUT2D eigenvalue weighted by molar-refractivity contribution is 0.830. The summed E-state index contributed by atoms with van der Waals surface area (Å²) in [5.41, 5.74) is 1.22. The summed E-state index contributed by atoms with van der Waals surface area (Å²) in [7, 11) is 0. The van der Waals surface area contributed by atoms with Gasteiger partial charge in [-0.05, 0) is 24.5 Å². The standard InChI is InChI=1S/C10H12BrCl/c1-2-9(11)7-8-5-3-4-6-10(8)12/h3-6,9H,2,7H2,1H3. The zero-order chi connectivity index (χ0) is 8.97. The van der Waals surface area contributed by atoms with Crippen LogP contribution >= 0.6 is 27.5 Å². The normalized spacial score (nSPS) is 12.9. The highest BCUT2D eigenvalue weighted by Gasteiger charge is 2.04. The molecule has 0 heterocycles. The van der Waals surface area contributed by atoms with Crippen molar-refractivity contribution in [1.82, 2.24) is 0 Å². The molecule has 1 rings (SSSR count). The lowest BCUT2D eigenvalue weighted by Crippen LogP contribution is -2.00. The van der Waals surface area contributed by atoms with Gasteiger partial charge in [-0.25, -0.2) is 0 Å². The van der Waals surface area contributed by atoms with Gasteiger partial charge >= 0.3 is 0 Å². The average molecular weight is 248 g/mol. The smallest absolute Gasteiger partial charge is 0.0438 e. The molecule has 1 aromatic carbocycles. The fraction of sp³-hybridized carbons (Fsp3) is 0.400. The third kappa shape index (κ3) is 2.80. The molecule has 0 saturated carbocycles. The molecule has 0 radical (unpaired) electrons. The van der Waals surface area contributed by atoms with E-state index >= 15 is 0 Å². The maximum atomic E-state index is 6.00. The number of hydrogen-bond donors (Lipinski definition) is 0. The number of rotatable bonds is 3. The second-order valence-electron chi connectivity index (χ2n) is 2.80. The van der Waals surface area contributed by atoms with Gasteiger partial charge in [0.25, 0.3) is 0 Å². The minimum absolute atomic E-state index is 0.539. The van der Waals surface area contributed by atoms with Crippen LogP contribution in [0.2, 0.25) is 5.02 Å². The first kappa shape index (κ1) is 10.1. The maximum absolute atomic E-state index is 6.00. The Morgan fingerprint density at radius 2 is 2.08 bits per heavy atom. The molecule has 1 aromatic rings. The van der Waals surface area contributed by atoms with Gasteiger partial charge in [-0.1, -0.05) is 52.7 Å². The van der Waals surface area contributed by atoms with Crippen molar-refractivity contribution in [2.75, 3.05) is 0 Å². The van der Waals surface area contributed by atoms with E-state index in [9.17, 15) is 0 Å². The van der Waals surface area contributed by atoms with E-state index in [1.54, 1.807) is 0 Å². The Morgan fingerprint density at radius 3 is 2.67 bits per heavy atom. The quantitative estimate of drug-likeness (QED) is 0.707. The predicted octanol–water partition coefficient (Wildman–Crippen LogP) is 4.06. The first-order chi connectivity index (χ1) is 5.74. The maximum Gasteiger partial charge on any atom is 0.0438 e. The van der Waals surface area contributed by atoms with Crippen LogP contribution in [0.3, 0.4) is 0 Å². The van der Waals surface area contributed by atoms with Crippen molar-refractivity contribution in [2.45, 2.75) is 24.6 Å². The molecular weight excluding hydrogens is 235 g/mol. The topological polar surface area (TPSA) is 0 Å². The lowest BCUT2D eigenvalue weighted by Gasteiger charge is -2.07. The van der Waals surface area contributed by atoms with Gasteiger partial charge in [0.05, 0.1) is 0 Å². The SMILES string of the molecule is CCC(Br)Cc1ccccc1Cl. The van der Waals surface area contributed by atoms with Crippen LogP contribution < -0.4 is 0 Å². The highest BCUT2D eigenvalue weighted by molar-refractivity contribution is 9.09. The summed E-state index contributed by atoms with van der Waals surface area (Å²) in [6.07, 6.45) is 2.14. The van der Waals surface area contributed by atoms with Crippen LogP contribution in [0.4, 0.5) is 0 Å². The largest absolute Gasteiger partial charge is 0.0887 e. The van der Waals surface area contributed by atoms with Crippen molar-refractivity contribution in [2.24, 2.45) is 0 Å². The van der Waals surface area contributed by atoms with Gasteiger partial charge in [0.1, 0.15) is 0 Å². The highest BCUT2D eigenvalue weighted by atomic mass is 79.9. The Balaban J connectivity index is 2.69. The molecule has 0 aliphatic rings. The Hall–Kier alpha value is -0.0100. The predicted molar refractivity (Wildman–Crippen MR) is 58.2 cm³/mol. The zero-order valence-corrected chi connectivity index (χ0v) is 9.40. The fourth-order valence-corrected chi connectivity index (χ4v) is 1.61. The third-order valence-electron chi connectivity index (χ3n) is 1.84. The molecule has 0 aliphatic heterocycles. The van der Waals surface area contributed by atoms with E-state index in [1.165, 1.54) is 5.56 Å². The molecule has 0 fully saturated rings. The highest BCUT2D eigenvalue weighted by Crippen LogP contribution is 2.20. The van der Waals surface area contributed by atoms with E-state index < -0.39 is 0 Å². The summed E-state index contributed by atoms with van der Waals surface area (Å²) >= 11 is 9.59. The molecule has 0 aromatic heterocycles. The Morgan fingerprint density at radius 1 is 1.42 bits per heavy atom. The summed E-state index contributed by atoms with van der Waals surface area (Å²) in [6, 6.07) is 8.00. The van der Waals surface area contributed by atoms with Gasteiger partial charge in [0.15, 0.2) is 0 Å². The van der Waals surface area contributed by atoms with Crippen LogP contribution in [0.15, 0.2) is 24.3 Å². The van der Waals surface area contributed by atoms with Crippen molar-refractivity contribution >= 4 is 27.5 Å². The van der Waals surface area contributed by atoms with Crippen LogP contribution in [0.1, 0.15) is 18.9 Å². The molecule has 1 atom stereocenters. The molecule has 0 saturated heterocycles. The summed E-state index contributed by atoms with van der Waals surface area (Å²) in [4.78, 5) is 0.539. The molecule has 0 N–H and O–H groups in total. The first-order valence-electron chi connectivity index (χ1n) is 4.11. The molecule has 0 amide bonds. The molecule has 0 spiro atoms. The average Bonchev–Trinajstić information content (AvgIpc) is 2.09. The van der Waals surface area contributed by atoms with Gasteiger partial charge in [0, 0.05) is 9.85 Å². The second kappa shape index (κ2) is 4.88. The molecular formula is C10H12BrCl.